The molecule has 0 spiro atoms. The number of hydrogen-bond acceptors (Lipinski definition) is 0. The van der Waals surface area contributed by atoms with E-state index in [0.29, 0.717) is 27.9 Å². The Bertz CT molecular complexity index is 4920. The fourth-order valence-electron chi connectivity index (χ4n) is 15.0. The highest BCUT2D eigenvalue weighted by atomic mass is 19.4. The third-order valence-electron chi connectivity index (χ3n) is 18.0. The summed E-state index contributed by atoms with van der Waals surface area (Å²) < 4.78 is 47.8. The Labute approximate surface area is 513 Å². The maximum absolute atomic E-state index is 14.4. The van der Waals surface area contributed by atoms with E-state index in [-0.39, 0.29) is 5.69 Å². The summed E-state index contributed by atoms with van der Waals surface area (Å²) in [6, 6.07) is 60.0. The molecule has 11 aromatic carbocycles. The zero-order valence-electron chi connectivity index (χ0n) is 51.7. The molecule has 0 unspecified atom stereocenters. The average Bonchev–Trinajstić information content (AvgIpc) is 1.57. The van der Waals surface area contributed by atoms with Gasteiger partial charge in [-0.1, -0.05) is 125 Å². The highest BCUT2D eigenvalue weighted by molar-refractivity contribution is 6.15. The molecule has 0 N–H and O–H groups in total. The van der Waals surface area contributed by atoms with Crippen molar-refractivity contribution in [2.45, 2.75) is 89.3 Å². The van der Waals surface area contributed by atoms with Gasteiger partial charge in [-0.25, -0.2) is 9.69 Å². The molecule has 0 atom stereocenters. The van der Waals surface area contributed by atoms with Crippen LogP contribution in [0.3, 0.4) is 0 Å². The summed E-state index contributed by atoms with van der Waals surface area (Å²) in [5.74, 6) is 0. The Hall–Kier alpha value is -10.2. The predicted molar refractivity (Wildman–Crippen MR) is 362 cm³/mol. The summed E-state index contributed by atoms with van der Waals surface area (Å²) >= 11 is 0. The fourth-order valence-corrected chi connectivity index (χ4v) is 15.0. The number of halogens is 3. The maximum atomic E-state index is 14.4. The number of nitrogens with zero attached hydrogens (tertiary/aromatic N) is 4. The highest BCUT2D eigenvalue weighted by Crippen LogP contribution is 2.49. The molecule has 0 aliphatic rings. The lowest BCUT2D eigenvalue weighted by atomic mass is 9.91. The lowest BCUT2D eigenvalue weighted by Gasteiger charge is -2.21. The summed E-state index contributed by atoms with van der Waals surface area (Å²) in [5.41, 5.74) is 30.3. The number of benzene rings is 11. The summed E-state index contributed by atoms with van der Waals surface area (Å²) in [6.45, 7) is 43.3. The van der Waals surface area contributed by atoms with E-state index in [4.69, 9.17) is 13.1 Å². The number of hydrogen-bond donors (Lipinski definition) is 0. The number of fused-ring (bicyclic) bond motifs is 6. The van der Waals surface area contributed by atoms with Crippen molar-refractivity contribution in [2.75, 3.05) is 0 Å². The van der Waals surface area contributed by atoms with Crippen molar-refractivity contribution in [2.24, 2.45) is 0 Å². The van der Waals surface area contributed by atoms with Crippen LogP contribution in [-0.4, -0.2) is 9.13 Å². The van der Waals surface area contributed by atoms with Gasteiger partial charge in [0.2, 0.25) is 0 Å². The Morgan fingerprint density at radius 2 is 0.648 bits per heavy atom. The SMILES string of the molecule is [C-]#[N+]c1cc(C(F)(F)F)ccc1-c1ccc(-n2c3ccc(-c4c(C)cc(C)cc4C)cc3c3cc(-c4c(C)cc(C)cc4C)ccc32)c(-c2c([N+]#[C-])cccc2-n2c3ccc(-c4c(C)cc(C)cc4C)cc3c3cc(-c4c(C)cc(C)cc4C)ccc32)c1. The molecule has 0 bridgehead atoms. The molecule has 0 amide bonds. The molecule has 2 heterocycles. The van der Waals surface area contributed by atoms with Crippen LogP contribution >= 0.6 is 0 Å². The van der Waals surface area contributed by atoms with Crippen LogP contribution in [0.15, 0.2) is 176 Å². The van der Waals surface area contributed by atoms with Gasteiger partial charge in [0.05, 0.1) is 40.9 Å². The molecule has 0 saturated carbocycles. The van der Waals surface area contributed by atoms with Crippen molar-refractivity contribution in [3.63, 3.8) is 0 Å². The molecule has 13 aromatic rings. The smallest absolute Gasteiger partial charge is 0.310 e. The second kappa shape index (κ2) is 21.3. The fraction of sp³-hybridized carbons (Fsp3) is 0.160. The van der Waals surface area contributed by atoms with Crippen molar-refractivity contribution < 1.29 is 13.2 Å². The van der Waals surface area contributed by atoms with E-state index in [9.17, 15) is 13.2 Å². The third-order valence-corrected chi connectivity index (χ3v) is 18.0. The van der Waals surface area contributed by atoms with E-state index in [1.165, 1.54) is 95.1 Å². The van der Waals surface area contributed by atoms with Gasteiger partial charge in [-0.2, -0.15) is 13.2 Å². The molecule has 430 valence electrons. The lowest BCUT2D eigenvalue weighted by Crippen LogP contribution is -2.04. The second-order valence-electron chi connectivity index (χ2n) is 24.5. The van der Waals surface area contributed by atoms with Crippen molar-refractivity contribution in [3.8, 4) is 78.1 Å². The van der Waals surface area contributed by atoms with Crippen LogP contribution in [0.25, 0.3) is 131 Å². The summed E-state index contributed by atoms with van der Waals surface area (Å²) in [4.78, 5) is 8.07. The minimum atomic E-state index is -4.65. The number of alkyl halides is 3. The molecule has 7 heteroatoms. The molecule has 0 radical (unpaired) electrons. The van der Waals surface area contributed by atoms with Gasteiger partial charge in [-0.3, -0.25) is 0 Å². The van der Waals surface area contributed by atoms with Crippen LogP contribution in [0.1, 0.15) is 72.3 Å². The highest BCUT2D eigenvalue weighted by Gasteiger charge is 2.32. The largest absolute Gasteiger partial charge is 0.415 e. The Balaban J connectivity index is 1.15. The first-order valence-corrected chi connectivity index (χ1v) is 29.8. The quantitative estimate of drug-likeness (QED) is 0.135. The first kappa shape index (κ1) is 56.9. The normalized spacial score (nSPS) is 11.8. The summed E-state index contributed by atoms with van der Waals surface area (Å²) in [5, 5.41) is 4.16. The van der Waals surface area contributed by atoms with Gasteiger partial charge in [0.25, 0.3) is 0 Å². The molecular weight excluding hydrogens is 1090 g/mol. The molecule has 4 nitrogen and oxygen atoms in total. The van der Waals surface area contributed by atoms with Crippen molar-refractivity contribution >= 4 is 55.0 Å². The molecule has 0 aliphatic heterocycles. The van der Waals surface area contributed by atoms with E-state index in [1.807, 2.05) is 30.3 Å². The average molecular weight is 1150 g/mol. The second-order valence-corrected chi connectivity index (χ2v) is 24.5. The topological polar surface area (TPSA) is 18.6 Å². The van der Waals surface area contributed by atoms with Gasteiger partial charge in [0.1, 0.15) is 0 Å². The molecular formula is C81H65F3N4. The van der Waals surface area contributed by atoms with Gasteiger partial charge in [0, 0.05) is 38.4 Å². The third kappa shape index (κ3) is 9.45. The van der Waals surface area contributed by atoms with Crippen LogP contribution in [-0.2, 0) is 6.18 Å². The molecule has 2 aromatic heterocycles. The zero-order chi connectivity index (χ0) is 61.9. The van der Waals surface area contributed by atoms with Crippen molar-refractivity contribution in [1.82, 2.24) is 9.13 Å². The van der Waals surface area contributed by atoms with Crippen LogP contribution in [0.4, 0.5) is 24.5 Å². The van der Waals surface area contributed by atoms with Crippen LogP contribution in [0.5, 0.6) is 0 Å². The van der Waals surface area contributed by atoms with Gasteiger partial charge >= 0.3 is 6.18 Å². The predicted octanol–water partition coefficient (Wildman–Crippen LogP) is 23.7. The Morgan fingerprint density at radius 1 is 0.307 bits per heavy atom. The van der Waals surface area contributed by atoms with Gasteiger partial charge in [0.15, 0.2) is 11.4 Å². The first-order valence-electron chi connectivity index (χ1n) is 29.8. The number of aryl methyl sites for hydroxylation is 12. The van der Waals surface area contributed by atoms with Crippen molar-refractivity contribution in [1.29, 1.82) is 0 Å². The minimum absolute atomic E-state index is 0.125. The summed E-state index contributed by atoms with van der Waals surface area (Å²) in [6.07, 6.45) is -4.65. The van der Waals surface area contributed by atoms with Gasteiger partial charge < -0.3 is 9.13 Å². The molecule has 0 aliphatic carbocycles. The zero-order valence-corrected chi connectivity index (χ0v) is 51.7. The Morgan fingerprint density at radius 3 is 0.989 bits per heavy atom. The van der Waals surface area contributed by atoms with E-state index >= 15 is 0 Å². The van der Waals surface area contributed by atoms with Crippen LogP contribution in [0.2, 0.25) is 0 Å². The van der Waals surface area contributed by atoms with E-state index in [0.717, 1.165) is 89.4 Å². The standard InChI is InChI=1S/C81H65F3N4/c1-44-30-48(5)76(49(6)31-44)57-19-26-70-63(39-57)64-40-58(77-50(7)32-45(2)33-51(77)8)20-27-71(64)87(70)74-25-18-56(62-24-23-61(81(82,83)84)43-69(62)86-14)38-67(74)80-68(85-13)16-15-17-75(80)88-72-28-21-59(78-52(9)34-46(3)35-53(78)10)41-65(72)66-42-60(22-29-73(66)88)79-54(11)36-47(4)37-55(79)12/h15-43H,1-12H3. The van der Waals surface area contributed by atoms with Gasteiger partial charge in [-0.15, -0.1) is 0 Å². The number of rotatable bonds is 8. The molecule has 0 saturated heterocycles. The van der Waals surface area contributed by atoms with Crippen molar-refractivity contribution in [3.05, 3.63) is 271 Å². The van der Waals surface area contributed by atoms with Crippen LogP contribution < -0.4 is 0 Å². The number of aromatic nitrogens is 2. The molecule has 88 heavy (non-hydrogen) atoms. The Kier molecular flexibility index (Phi) is 13.8. The maximum Gasteiger partial charge on any atom is 0.415 e. The molecule has 0 fully saturated rings. The summed E-state index contributed by atoms with van der Waals surface area (Å²) in [7, 11) is 0. The monoisotopic (exact) mass is 1150 g/mol. The minimum Gasteiger partial charge on any atom is -0.310 e. The first-order chi connectivity index (χ1) is 42.1. The van der Waals surface area contributed by atoms with E-state index < -0.39 is 11.7 Å². The van der Waals surface area contributed by atoms with Gasteiger partial charge in [-0.05, 0) is 262 Å². The molecule has 13 rings (SSSR count). The van der Waals surface area contributed by atoms with E-state index in [2.05, 4.69) is 229 Å². The van der Waals surface area contributed by atoms with E-state index in [1.54, 1.807) is 0 Å². The van der Waals surface area contributed by atoms with Crippen LogP contribution in [0, 0.1) is 96.2 Å². The lowest BCUT2D eigenvalue weighted by molar-refractivity contribution is -0.137.